The molecule has 20 heavy (non-hydrogen) atoms. The minimum absolute atomic E-state index is 1.10. The zero-order valence-electron chi connectivity index (χ0n) is 12.0. The van der Waals surface area contributed by atoms with Crippen LogP contribution in [0, 0.1) is 0 Å². The van der Waals surface area contributed by atoms with Crippen molar-refractivity contribution in [2.24, 2.45) is 0 Å². The van der Waals surface area contributed by atoms with Gasteiger partial charge in [0.2, 0.25) is 0 Å². The maximum atomic E-state index is 2.27. The molecule has 0 N–H and O–H groups in total. The van der Waals surface area contributed by atoms with E-state index < -0.39 is 0 Å². The Balaban J connectivity index is 1.79. The van der Waals surface area contributed by atoms with Crippen molar-refractivity contribution in [1.29, 1.82) is 0 Å². The lowest BCUT2D eigenvalue weighted by Gasteiger charge is -2.07. The fraction of sp³-hybridized carbons (Fsp3) is 0.200. The summed E-state index contributed by atoms with van der Waals surface area (Å²) < 4.78 is 0. The molecule has 0 fully saturated rings. The summed E-state index contributed by atoms with van der Waals surface area (Å²) >= 11 is 0. The van der Waals surface area contributed by atoms with Crippen molar-refractivity contribution >= 4 is 10.8 Å². The van der Waals surface area contributed by atoms with E-state index in [9.17, 15) is 0 Å². The second-order valence-electron chi connectivity index (χ2n) is 5.31. The van der Waals surface area contributed by atoms with Crippen LogP contribution >= 0.6 is 0 Å². The van der Waals surface area contributed by atoms with Gasteiger partial charge in [-0.15, -0.1) is 0 Å². The number of fused-ring (bicyclic) bond motifs is 1. The summed E-state index contributed by atoms with van der Waals surface area (Å²) in [6.45, 7) is 2.20. The van der Waals surface area contributed by atoms with E-state index in [1.54, 1.807) is 0 Å². The van der Waals surface area contributed by atoms with E-state index in [1.807, 2.05) is 0 Å². The molecule has 3 rings (SSSR count). The normalized spacial score (nSPS) is 10.8. The van der Waals surface area contributed by atoms with Crippen LogP contribution in [0.15, 0.2) is 66.7 Å². The van der Waals surface area contributed by atoms with Crippen molar-refractivity contribution in [3.8, 4) is 0 Å². The molecule has 0 aliphatic heterocycles. The van der Waals surface area contributed by atoms with Crippen molar-refractivity contribution in [3.63, 3.8) is 0 Å². The van der Waals surface area contributed by atoms with Crippen LogP contribution in [0.4, 0.5) is 0 Å². The molecule has 100 valence electrons. The summed E-state index contributed by atoms with van der Waals surface area (Å²) in [4.78, 5) is 0. The van der Waals surface area contributed by atoms with Crippen LogP contribution in [0.25, 0.3) is 10.8 Å². The Labute approximate surface area is 121 Å². The summed E-state index contributed by atoms with van der Waals surface area (Å²) in [6, 6.07) is 24.3. The van der Waals surface area contributed by atoms with Crippen molar-refractivity contribution < 1.29 is 0 Å². The van der Waals surface area contributed by atoms with E-state index >= 15 is 0 Å². The van der Waals surface area contributed by atoms with Crippen LogP contribution in [0.2, 0.25) is 0 Å². The number of hydrogen-bond acceptors (Lipinski definition) is 0. The lowest BCUT2D eigenvalue weighted by atomic mass is 9.98. The van der Waals surface area contributed by atoms with Crippen LogP contribution in [0.1, 0.15) is 23.6 Å². The molecule has 0 spiro atoms. The molecule has 0 bridgehead atoms. The molecule has 0 nitrogen and oxygen atoms in total. The predicted molar refractivity (Wildman–Crippen MR) is 87.2 cm³/mol. The highest BCUT2D eigenvalue weighted by Crippen LogP contribution is 2.20. The van der Waals surface area contributed by atoms with Crippen LogP contribution in [-0.4, -0.2) is 0 Å². The molecule has 0 aromatic heterocycles. The highest BCUT2D eigenvalue weighted by Gasteiger charge is 2.01. The first-order valence-corrected chi connectivity index (χ1v) is 7.41. The van der Waals surface area contributed by atoms with Gasteiger partial charge in [0.1, 0.15) is 0 Å². The maximum Gasteiger partial charge on any atom is -0.0152 e. The summed E-state index contributed by atoms with van der Waals surface area (Å²) in [5, 5.41) is 2.73. The van der Waals surface area contributed by atoms with E-state index in [0.717, 1.165) is 19.3 Å². The predicted octanol–water partition coefficient (Wildman–Crippen LogP) is 5.19. The third-order valence-corrected chi connectivity index (χ3v) is 3.99. The lowest BCUT2D eigenvalue weighted by Crippen LogP contribution is -1.93. The molecular weight excluding hydrogens is 240 g/mol. The van der Waals surface area contributed by atoms with Crippen LogP contribution in [0.5, 0.6) is 0 Å². The summed E-state index contributed by atoms with van der Waals surface area (Å²) in [5.41, 5.74) is 4.29. The monoisotopic (exact) mass is 260 g/mol. The first-order chi connectivity index (χ1) is 9.86. The third-order valence-electron chi connectivity index (χ3n) is 3.99. The Morgan fingerprint density at radius 2 is 1.35 bits per heavy atom. The van der Waals surface area contributed by atoms with E-state index in [2.05, 4.69) is 73.7 Å². The number of rotatable bonds is 4. The number of aryl methyl sites for hydroxylation is 3. The SMILES string of the molecule is CCc1ccc(CCc2cccc3ccccc23)cc1. The van der Waals surface area contributed by atoms with E-state index in [-0.39, 0.29) is 0 Å². The van der Waals surface area contributed by atoms with Gasteiger partial charge in [-0.05, 0) is 46.7 Å². The fourth-order valence-electron chi connectivity index (χ4n) is 2.73. The highest BCUT2D eigenvalue weighted by atomic mass is 14.1. The zero-order chi connectivity index (χ0) is 13.8. The van der Waals surface area contributed by atoms with E-state index in [1.165, 1.54) is 27.5 Å². The van der Waals surface area contributed by atoms with Crippen LogP contribution < -0.4 is 0 Å². The molecule has 0 unspecified atom stereocenters. The summed E-state index contributed by atoms with van der Waals surface area (Å²) in [5.74, 6) is 0. The molecule has 3 aromatic rings. The Morgan fingerprint density at radius 3 is 2.15 bits per heavy atom. The second-order valence-corrected chi connectivity index (χ2v) is 5.31. The average Bonchev–Trinajstić information content (AvgIpc) is 2.53. The average molecular weight is 260 g/mol. The van der Waals surface area contributed by atoms with Gasteiger partial charge in [-0.1, -0.05) is 73.7 Å². The lowest BCUT2D eigenvalue weighted by molar-refractivity contribution is 0.965. The smallest absolute Gasteiger partial charge is 0.0152 e. The zero-order valence-corrected chi connectivity index (χ0v) is 12.0. The van der Waals surface area contributed by atoms with Gasteiger partial charge in [-0.2, -0.15) is 0 Å². The molecule has 0 saturated carbocycles. The van der Waals surface area contributed by atoms with Gasteiger partial charge in [0, 0.05) is 0 Å². The third kappa shape index (κ3) is 2.75. The number of hydrogen-bond donors (Lipinski definition) is 0. The Kier molecular flexibility index (Phi) is 3.83. The maximum absolute atomic E-state index is 2.27. The Bertz CT molecular complexity index is 687. The van der Waals surface area contributed by atoms with Gasteiger partial charge in [-0.3, -0.25) is 0 Å². The van der Waals surface area contributed by atoms with Crippen molar-refractivity contribution in [2.75, 3.05) is 0 Å². The first kappa shape index (κ1) is 12.9. The molecule has 0 aliphatic carbocycles. The standard InChI is InChI=1S/C20H20/c1-2-16-10-12-17(13-11-16)14-15-19-8-5-7-18-6-3-4-9-20(18)19/h3-13H,2,14-15H2,1H3. The summed E-state index contributed by atoms with van der Waals surface area (Å²) in [6.07, 6.45) is 3.33. The summed E-state index contributed by atoms with van der Waals surface area (Å²) in [7, 11) is 0. The first-order valence-electron chi connectivity index (χ1n) is 7.41. The molecule has 0 amide bonds. The molecular formula is C20H20. The molecule has 0 heteroatoms. The molecule has 0 atom stereocenters. The van der Waals surface area contributed by atoms with E-state index in [0.29, 0.717) is 0 Å². The van der Waals surface area contributed by atoms with Gasteiger partial charge in [-0.25, -0.2) is 0 Å². The minimum Gasteiger partial charge on any atom is -0.0616 e. The van der Waals surface area contributed by atoms with E-state index in [4.69, 9.17) is 0 Å². The topological polar surface area (TPSA) is 0 Å². The van der Waals surface area contributed by atoms with Gasteiger partial charge in [0.05, 0.1) is 0 Å². The van der Waals surface area contributed by atoms with Crippen molar-refractivity contribution in [2.45, 2.75) is 26.2 Å². The number of benzene rings is 3. The Hall–Kier alpha value is -2.08. The molecule has 0 aliphatic rings. The van der Waals surface area contributed by atoms with Gasteiger partial charge < -0.3 is 0 Å². The molecule has 0 radical (unpaired) electrons. The molecule has 0 saturated heterocycles. The second kappa shape index (κ2) is 5.92. The van der Waals surface area contributed by atoms with Crippen LogP contribution in [-0.2, 0) is 19.3 Å². The Morgan fingerprint density at radius 1 is 0.650 bits per heavy atom. The van der Waals surface area contributed by atoms with Crippen molar-refractivity contribution in [3.05, 3.63) is 83.4 Å². The largest absolute Gasteiger partial charge is 0.0616 e. The highest BCUT2D eigenvalue weighted by molar-refractivity contribution is 5.85. The van der Waals surface area contributed by atoms with Gasteiger partial charge in [0.15, 0.2) is 0 Å². The molecule has 0 heterocycles. The quantitative estimate of drug-likeness (QED) is 0.605. The molecule has 3 aromatic carbocycles. The minimum atomic E-state index is 1.10. The van der Waals surface area contributed by atoms with Crippen molar-refractivity contribution in [1.82, 2.24) is 0 Å². The van der Waals surface area contributed by atoms with Gasteiger partial charge in [0.25, 0.3) is 0 Å². The fourth-order valence-corrected chi connectivity index (χ4v) is 2.73. The van der Waals surface area contributed by atoms with Crippen LogP contribution in [0.3, 0.4) is 0 Å². The van der Waals surface area contributed by atoms with Gasteiger partial charge >= 0.3 is 0 Å².